The lowest BCUT2D eigenvalue weighted by atomic mass is 9.75. The largest absolute Gasteiger partial charge is 0.462 e. The molecule has 0 aromatic carbocycles. The molecule has 1 saturated heterocycles. The molecular weight excluding hydrogens is 311 g/mol. The van der Waals surface area contributed by atoms with Crippen LogP contribution < -0.4 is 0 Å². The first-order valence-corrected chi connectivity index (χ1v) is 9.99. The second-order valence-electron chi connectivity index (χ2n) is 10.1. The van der Waals surface area contributed by atoms with E-state index in [1.54, 1.807) is 0 Å². The molecule has 2 aliphatic rings. The van der Waals surface area contributed by atoms with Crippen LogP contribution >= 0.6 is 0 Å². The van der Waals surface area contributed by atoms with Crippen LogP contribution in [-0.2, 0) is 14.1 Å². The fraction of sp³-hybridized carbons (Fsp3) is 0.857. The van der Waals surface area contributed by atoms with Crippen molar-refractivity contribution < 1.29 is 14.1 Å². The minimum atomic E-state index is -0.347. The van der Waals surface area contributed by atoms with Crippen molar-refractivity contribution in [2.75, 3.05) is 0 Å². The van der Waals surface area contributed by atoms with Gasteiger partial charge in [0, 0.05) is 12.7 Å². The molecule has 2 fully saturated rings. The Labute approximate surface area is 155 Å². The maximum Gasteiger partial charge on any atom is 0.462 e. The molecule has 1 heterocycles. The van der Waals surface area contributed by atoms with Crippen molar-refractivity contribution in [3.05, 3.63) is 11.6 Å². The van der Waals surface area contributed by atoms with Gasteiger partial charge in [0.25, 0.3) is 0 Å². The first-order valence-electron chi connectivity index (χ1n) is 9.99. The number of Topliss-reactive ketones (excluding diaryl/α,β-unsaturated/α-hetero) is 1. The molecule has 1 aliphatic carbocycles. The van der Waals surface area contributed by atoms with Gasteiger partial charge in [-0.25, -0.2) is 0 Å². The van der Waals surface area contributed by atoms with Crippen molar-refractivity contribution >= 4 is 12.9 Å². The Balaban J connectivity index is 2.14. The Bertz CT molecular complexity index is 492. The van der Waals surface area contributed by atoms with Gasteiger partial charge in [-0.15, -0.1) is 0 Å². The summed E-state index contributed by atoms with van der Waals surface area (Å²) in [5.41, 5.74) is 0.223. The number of rotatable bonds is 5. The van der Waals surface area contributed by atoms with Crippen LogP contribution in [0.15, 0.2) is 11.6 Å². The van der Waals surface area contributed by atoms with Crippen molar-refractivity contribution in [2.24, 2.45) is 11.3 Å². The summed E-state index contributed by atoms with van der Waals surface area (Å²) in [5.74, 6) is 0.794. The summed E-state index contributed by atoms with van der Waals surface area (Å²) in [6.07, 6.45) is 9.68. The highest BCUT2D eigenvalue weighted by atomic mass is 16.7. The quantitative estimate of drug-likeness (QED) is 0.480. The molecule has 0 amide bonds. The first kappa shape index (κ1) is 20.7. The number of carbonyl (C=O) groups excluding carboxylic acids is 1. The van der Waals surface area contributed by atoms with Crippen LogP contribution in [-0.4, -0.2) is 24.1 Å². The van der Waals surface area contributed by atoms with Gasteiger partial charge in [-0.05, 0) is 57.4 Å². The minimum Gasteiger partial charge on any atom is -0.403 e. The zero-order valence-corrected chi connectivity index (χ0v) is 17.4. The van der Waals surface area contributed by atoms with E-state index in [1.165, 1.54) is 32.1 Å². The van der Waals surface area contributed by atoms with Crippen molar-refractivity contribution in [3.63, 3.8) is 0 Å². The lowest BCUT2D eigenvalue weighted by Crippen LogP contribution is -2.41. The van der Waals surface area contributed by atoms with Crippen LogP contribution in [0.5, 0.6) is 0 Å². The lowest BCUT2D eigenvalue weighted by molar-refractivity contribution is -0.117. The van der Waals surface area contributed by atoms with Gasteiger partial charge in [0.1, 0.15) is 0 Å². The summed E-state index contributed by atoms with van der Waals surface area (Å²) < 4.78 is 12.3. The third-order valence-electron chi connectivity index (χ3n) is 5.82. The molecule has 0 spiro atoms. The zero-order chi connectivity index (χ0) is 18.9. The molecule has 25 heavy (non-hydrogen) atoms. The highest BCUT2D eigenvalue weighted by Crippen LogP contribution is 2.39. The van der Waals surface area contributed by atoms with Crippen molar-refractivity contribution in [1.82, 2.24) is 0 Å². The average molecular weight is 348 g/mol. The van der Waals surface area contributed by atoms with Crippen molar-refractivity contribution in [1.29, 1.82) is 0 Å². The highest BCUT2D eigenvalue weighted by Gasteiger charge is 2.51. The number of allylic oxidation sites excluding steroid dienone is 2. The second kappa shape index (κ2) is 7.56. The van der Waals surface area contributed by atoms with E-state index in [9.17, 15) is 4.79 Å². The van der Waals surface area contributed by atoms with E-state index in [2.05, 4.69) is 54.5 Å². The number of hydrogen-bond acceptors (Lipinski definition) is 3. The van der Waals surface area contributed by atoms with Gasteiger partial charge in [-0.2, -0.15) is 0 Å². The monoisotopic (exact) mass is 348 g/mol. The average Bonchev–Trinajstić information content (AvgIpc) is 2.65. The van der Waals surface area contributed by atoms with Gasteiger partial charge in [0.15, 0.2) is 5.78 Å². The summed E-state index contributed by atoms with van der Waals surface area (Å²) in [6.45, 7) is 14.6. The summed E-state index contributed by atoms with van der Waals surface area (Å²) in [6, 6.07) is 0. The fourth-order valence-electron chi connectivity index (χ4n) is 3.68. The fourth-order valence-corrected chi connectivity index (χ4v) is 3.68. The molecule has 1 saturated carbocycles. The topological polar surface area (TPSA) is 35.5 Å². The predicted molar refractivity (Wildman–Crippen MR) is 105 cm³/mol. The smallest absolute Gasteiger partial charge is 0.403 e. The molecule has 0 unspecified atom stereocenters. The maximum absolute atomic E-state index is 13.0. The number of carbonyl (C=O) groups is 1. The summed E-state index contributed by atoms with van der Waals surface area (Å²) in [7, 11) is -0.330. The van der Waals surface area contributed by atoms with E-state index in [0.717, 1.165) is 5.57 Å². The zero-order valence-electron chi connectivity index (χ0n) is 17.4. The summed E-state index contributed by atoms with van der Waals surface area (Å²) in [5, 5.41) is 0. The predicted octanol–water partition coefficient (Wildman–Crippen LogP) is 5.59. The molecular formula is C21H37BO3. The van der Waals surface area contributed by atoms with Gasteiger partial charge in [-0.1, -0.05) is 46.1 Å². The van der Waals surface area contributed by atoms with E-state index >= 15 is 0 Å². The normalized spacial score (nSPS) is 24.6. The Hall–Kier alpha value is -0.605. The molecule has 142 valence electrons. The van der Waals surface area contributed by atoms with Gasteiger partial charge in [0.2, 0.25) is 0 Å². The van der Waals surface area contributed by atoms with E-state index < -0.39 is 0 Å². The molecule has 0 atom stereocenters. The van der Waals surface area contributed by atoms with Gasteiger partial charge in [-0.3, -0.25) is 4.79 Å². The maximum atomic E-state index is 13.0. The second-order valence-corrected chi connectivity index (χ2v) is 10.1. The SMILES string of the molecule is CC(C)(C)CC(=O)/C(=C\C1CCCCC1)CB1OC(C)(C)C(C)(C)O1. The Morgan fingerprint density at radius 2 is 1.56 bits per heavy atom. The highest BCUT2D eigenvalue weighted by molar-refractivity contribution is 6.47. The van der Waals surface area contributed by atoms with E-state index in [-0.39, 0.29) is 29.5 Å². The van der Waals surface area contributed by atoms with Crippen molar-refractivity contribution in [2.45, 2.75) is 105 Å². The molecule has 1 aliphatic heterocycles. The Morgan fingerprint density at radius 3 is 2.04 bits per heavy atom. The Kier molecular flexibility index (Phi) is 6.26. The van der Waals surface area contributed by atoms with E-state index in [0.29, 0.717) is 18.7 Å². The standard InChI is InChI=1S/C21H37BO3/c1-19(2,3)14-18(23)17(13-16-11-9-8-10-12-16)15-22-24-20(4,5)21(6,7)25-22/h13,16H,8-12,14-15H2,1-7H3/b17-13-. The van der Waals surface area contributed by atoms with Crippen LogP contribution in [0.25, 0.3) is 0 Å². The first-order chi connectivity index (χ1) is 11.4. The molecule has 2 rings (SSSR count). The number of ketones is 1. The van der Waals surface area contributed by atoms with Crippen LogP contribution in [0.3, 0.4) is 0 Å². The lowest BCUT2D eigenvalue weighted by Gasteiger charge is -2.32. The molecule has 3 nitrogen and oxygen atoms in total. The number of hydrogen-bond donors (Lipinski definition) is 0. The summed E-state index contributed by atoms with van der Waals surface area (Å²) in [4.78, 5) is 13.0. The molecule has 0 aromatic rings. The van der Waals surface area contributed by atoms with E-state index in [4.69, 9.17) is 9.31 Å². The minimum absolute atomic E-state index is 0.00132. The van der Waals surface area contributed by atoms with Crippen LogP contribution in [0.4, 0.5) is 0 Å². The third-order valence-corrected chi connectivity index (χ3v) is 5.82. The van der Waals surface area contributed by atoms with Crippen LogP contribution in [0.2, 0.25) is 6.32 Å². The van der Waals surface area contributed by atoms with Crippen molar-refractivity contribution in [3.8, 4) is 0 Å². The summed E-state index contributed by atoms with van der Waals surface area (Å²) >= 11 is 0. The van der Waals surface area contributed by atoms with E-state index in [1.807, 2.05) is 0 Å². The Morgan fingerprint density at radius 1 is 1.04 bits per heavy atom. The molecule has 0 radical (unpaired) electrons. The molecule has 0 aromatic heterocycles. The molecule has 4 heteroatoms. The molecule has 0 bridgehead atoms. The van der Waals surface area contributed by atoms with Gasteiger partial charge >= 0.3 is 7.12 Å². The molecule has 0 N–H and O–H groups in total. The van der Waals surface area contributed by atoms with Gasteiger partial charge in [0.05, 0.1) is 11.2 Å². The van der Waals surface area contributed by atoms with Crippen LogP contribution in [0, 0.1) is 11.3 Å². The van der Waals surface area contributed by atoms with Gasteiger partial charge < -0.3 is 9.31 Å². The third kappa shape index (κ3) is 5.69. The van der Waals surface area contributed by atoms with Crippen LogP contribution in [0.1, 0.15) is 87.0 Å².